The minimum Gasteiger partial charge on any atom is -0.306 e. The number of alkyl halides is 3. The van der Waals surface area contributed by atoms with Gasteiger partial charge in [-0.15, -0.1) is 0 Å². The summed E-state index contributed by atoms with van der Waals surface area (Å²) in [6.07, 6.45) is -2.32. The summed E-state index contributed by atoms with van der Waals surface area (Å²) in [5.41, 5.74) is -0.590. The van der Waals surface area contributed by atoms with Crippen LogP contribution in [0.5, 0.6) is 0 Å². The molecule has 0 spiro atoms. The van der Waals surface area contributed by atoms with Gasteiger partial charge >= 0.3 is 6.18 Å². The van der Waals surface area contributed by atoms with Crippen LogP contribution in [0.1, 0.15) is 39.4 Å². The Hall–Kier alpha value is -3.76. The molecule has 1 aliphatic rings. The monoisotopic (exact) mass is 433 g/mol. The SMILES string of the molecule is C[C@H]1CN(c2ccc(C(F)(F)F)cc2)C(=O)c2c(C(=O)Nc3ccc(F)cn3)cnn21. The number of carbonyl (C=O) groups excluding carboxylic acids is 2. The van der Waals surface area contributed by atoms with Gasteiger partial charge in [0.1, 0.15) is 17.3 Å². The maximum absolute atomic E-state index is 13.1. The van der Waals surface area contributed by atoms with Crippen LogP contribution < -0.4 is 10.2 Å². The Morgan fingerprint density at radius 2 is 1.84 bits per heavy atom. The van der Waals surface area contributed by atoms with E-state index in [0.29, 0.717) is 0 Å². The van der Waals surface area contributed by atoms with E-state index >= 15 is 0 Å². The van der Waals surface area contributed by atoms with E-state index in [-0.39, 0.29) is 35.3 Å². The molecule has 31 heavy (non-hydrogen) atoms. The Bertz CT molecular complexity index is 1140. The lowest BCUT2D eigenvalue weighted by Crippen LogP contribution is -2.43. The van der Waals surface area contributed by atoms with Crippen LogP contribution in [0, 0.1) is 5.82 Å². The maximum atomic E-state index is 13.1. The minimum atomic E-state index is -4.49. The van der Waals surface area contributed by atoms with E-state index in [9.17, 15) is 27.2 Å². The number of anilines is 2. The molecule has 0 unspecified atom stereocenters. The fourth-order valence-corrected chi connectivity index (χ4v) is 3.31. The standard InChI is InChI=1S/C20H15F4N5O2/c1-11-10-28(14-5-2-12(3-6-14)20(22,23)24)19(31)17-15(9-26-29(11)17)18(30)27-16-7-4-13(21)8-25-16/h2-9,11H,10H2,1H3,(H,25,27,30)/t11-/m0/s1. The molecule has 3 aromatic rings. The number of fused-ring (bicyclic) bond motifs is 1. The second kappa shape index (κ2) is 7.49. The summed E-state index contributed by atoms with van der Waals surface area (Å²) in [6.45, 7) is 1.93. The molecule has 0 saturated heterocycles. The smallest absolute Gasteiger partial charge is 0.306 e. The average molecular weight is 433 g/mol. The fraction of sp³-hybridized carbons (Fsp3) is 0.200. The Balaban J connectivity index is 1.64. The average Bonchev–Trinajstić information content (AvgIpc) is 3.18. The van der Waals surface area contributed by atoms with Gasteiger partial charge in [-0.25, -0.2) is 9.37 Å². The molecule has 11 heteroatoms. The number of nitrogens with one attached hydrogen (secondary N) is 1. The highest BCUT2D eigenvalue weighted by molar-refractivity contribution is 6.15. The number of hydrogen-bond acceptors (Lipinski definition) is 4. The topological polar surface area (TPSA) is 80.1 Å². The van der Waals surface area contributed by atoms with Crippen molar-refractivity contribution >= 4 is 23.3 Å². The van der Waals surface area contributed by atoms with E-state index in [1.807, 2.05) is 0 Å². The van der Waals surface area contributed by atoms with Crippen LogP contribution in [-0.4, -0.2) is 33.1 Å². The second-order valence-corrected chi connectivity index (χ2v) is 6.98. The predicted octanol–water partition coefficient (Wildman–Crippen LogP) is 3.91. The molecule has 2 amide bonds. The van der Waals surface area contributed by atoms with Gasteiger partial charge in [-0.3, -0.25) is 14.3 Å². The van der Waals surface area contributed by atoms with Gasteiger partial charge in [0.15, 0.2) is 0 Å². The first-order valence-corrected chi connectivity index (χ1v) is 9.14. The molecule has 3 heterocycles. The number of nitrogens with zero attached hydrogens (tertiary/aromatic N) is 4. The van der Waals surface area contributed by atoms with Crippen LogP contribution in [0.4, 0.5) is 29.1 Å². The summed E-state index contributed by atoms with van der Waals surface area (Å²) in [6, 6.07) is 6.27. The summed E-state index contributed by atoms with van der Waals surface area (Å²) < 4.78 is 52.9. The lowest BCUT2D eigenvalue weighted by atomic mass is 10.1. The first kappa shape index (κ1) is 20.5. The van der Waals surface area contributed by atoms with E-state index < -0.39 is 29.4 Å². The van der Waals surface area contributed by atoms with Crippen molar-refractivity contribution in [2.24, 2.45) is 0 Å². The van der Waals surface area contributed by atoms with E-state index in [4.69, 9.17) is 0 Å². The summed E-state index contributed by atoms with van der Waals surface area (Å²) >= 11 is 0. The number of aromatic nitrogens is 3. The number of amides is 2. The first-order chi connectivity index (χ1) is 14.6. The molecule has 1 aliphatic heterocycles. The first-order valence-electron chi connectivity index (χ1n) is 9.14. The third kappa shape index (κ3) is 3.86. The number of benzene rings is 1. The van der Waals surface area contributed by atoms with Gasteiger partial charge < -0.3 is 10.2 Å². The highest BCUT2D eigenvalue weighted by atomic mass is 19.4. The molecule has 160 valence electrons. The van der Waals surface area contributed by atoms with Crippen LogP contribution in [0.3, 0.4) is 0 Å². The molecular weight excluding hydrogens is 418 g/mol. The number of hydrogen-bond donors (Lipinski definition) is 1. The third-order valence-corrected chi connectivity index (χ3v) is 4.83. The quantitative estimate of drug-likeness (QED) is 0.636. The molecule has 1 aromatic carbocycles. The second-order valence-electron chi connectivity index (χ2n) is 6.98. The van der Waals surface area contributed by atoms with Crippen molar-refractivity contribution in [2.75, 3.05) is 16.8 Å². The van der Waals surface area contributed by atoms with Gasteiger partial charge in [0, 0.05) is 12.2 Å². The van der Waals surface area contributed by atoms with Crippen molar-refractivity contribution in [3.05, 3.63) is 71.4 Å². The molecule has 0 radical (unpaired) electrons. The van der Waals surface area contributed by atoms with E-state index in [2.05, 4.69) is 15.4 Å². The van der Waals surface area contributed by atoms with Crippen molar-refractivity contribution in [3.8, 4) is 0 Å². The molecule has 0 bridgehead atoms. The number of rotatable bonds is 3. The van der Waals surface area contributed by atoms with Crippen LogP contribution in [0.15, 0.2) is 48.8 Å². The van der Waals surface area contributed by atoms with Gasteiger partial charge in [-0.05, 0) is 43.3 Å². The van der Waals surface area contributed by atoms with E-state index in [0.717, 1.165) is 24.4 Å². The molecule has 7 nitrogen and oxygen atoms in total. The van der Waals surface area contributed by atoms with E-state index in [1.54, 1.807) is 6.92 Å². The summed E-state index contributed by atoms with van der Waals surface area (Å²) in [5, 5.41) is 6.59. The molecule has 2 aromatic heterocycles. The lowest BCUT2D eigenvalue weighted by molar-refractivity contribution is -0.137. The maximum Gasteiger partial charge on any atom is 0.416 e. The van der Waals surface area contributed by atoms with E-state index in [1.165, 1.54) is 34.0 Å². The zero-order valence-corrected chi connectivity index (χ0v) is 16.0. The normalized spacial score (nSPS) is 16.2. The molecule has 0 fully saturated rings. The Morgan fingerprint density at radius 3 is 2.45 bits per heavy atom. The highest BCUT2D eigenvalue weighted by Gasteiger charge is 2.36. The van der Waals surface area contributed by atoms with Crippen LogP contribution in [0.25, 0.3) is 0 Å². The fourth-order valence-electron chi connectivity index (χ4n) is 3.31. The molecule has 0 aliphatic carbocycles. The van der Waals surface area contributed by atoms with Crippen LogP contribution >= 0.6 is 0 Å². The van der Waals surface area contributed by atoms with Crippen molar-refractivity contribution in [2.45, 2.75) is 19.1 Å². The van der Waals surface area contributed by atoms with Gasteiger partial charge in [-0.2, -0.15) is 18.3 Å². The van der Waals surface area contributed by atoms with Crippen molar-refractivity contribution in [1.82, 2.24) is 14.8 Å². The number of carbonyl (C=O) groups is 2. The van der Waals surface area contributed by atoms with Crippen molar-refractivity contribution in [3.63, 3.8) is 0 Å². The van der Waals surface area contributed by atoms with Crippen molar-refractivity contribution in [1.29, 1.82) is 0 Å². The molecule has 1 atom stereocenters. The number of halogens is 4. The summed E-state index contributed by atoms with van der Waals surface area (Å²) in [5.74, 6) is -1.73. The summed E-state index contributed by atoms with van der Waals surface area (Å²) in [7, 11) is 0. The zero-order chi connectivity index (χ0) is 22.3. The van der Waals surface area contributed by atoms with Crippen LogP contribution in [0.2, 0.25) is 0 Å². The Kier molecular flexibility index (Phi) is 4.96. The zero-order valence-electron chi connectivity index (χ0n) is 16.0. The van der Waals surface area contributed by atoms with Gasteiger partial charge in [0.05, 0.1) is 29.6 Å². The Labute approximate surface area is 173 Å². The largest absolute Gasteiger partial charge is 0.416 e. The Morgan fingerprint density at radius 1 is 1.13 bits per heavy atom. The minimum absolute atomic E-state index is 0.00161. The number of pyridine rings is 1. The molecule has 1 N–H and O–H groups in total. The van der Waals surface area contributed by atoms with Crippen molar-refractivity contribution < 1.29 is 27.2 Å². The third-order valence-electron chi connectivity index (χ3n) is 4.83. The predicted molar refractivity (Wildman–Crippen MR) is 102 cm³/mol. The highest BCUT2D eigenvalue weighted by Crippen LogP contribution is 2.32. The lowest BCUT2D eigenvalue weighted by Gasteiger charge is -2.32. The summed E-state index contributed by atoms with van der Waals surface area (Å²) in [4.78, 5) is 30.9. The molecular formula is C20H15F4N5O2. The van der Waals surface area contributed by atoms with Crippen LogP contribution in [-0.2, 0) is 6.18 Å². The molecule has 4 rings (SSSR count). The van der Waals surface area contributed by atoms with Gasteiger partial charge in [-0.1, -0.05) is 0 Å². The van der Waals surface area contributed by atoms with Gasteiger partial charge in [0.2, 0.25) is 0 Å². The molecule has 0 saturated carbocycles. The van der Waals surface area contributed by atoms with Gasteiger partial charge in [0.25, 0.3) is 11.8 Å².